The lowest BCUT2D eigenvalue weighted by molar-refractivity contribution is 0.342. The normalized spacial score (nSPS) is 18.5. The van der Waals surface area contributed by atoms with Crippen molar-refractivity contribution in [2.24, 2.45) is 11.1 Å². The van der Waals surface area contributed by atoms with E-state index in [1.807, 2.05) is 7.05 Å². The molecule has 0 bridgehead atoms. The SMILES string of the molecule is CNC(c1cc(C)cc(C)c1OC)C1(CN)CC1. The predicted molar refractivity (Wildman–Crippen MR) is 75.0 cm³/mol. The van der Waals surface area contributed by atoms with Crippen LogP contribution in [0.5, 0.6) is 5.75 Å². The van der Waals surface area contributed by atoms with Crippen molar-refractivity contribution < 1.29 is 4.74 Å². The second-order valence-electron chi connectivity index (χ2n) is 5.49. The molecule has 1 aromatic rings. The van der Waals surface area contributed by atoms with Gasteiger partial charge in [-0.25, -0.2) is 0 Å². The van der Waals surface area contributed by atoms with E-state index in [-0.39, 0.29) is 11.5 Å². The van der Waals surface area contributed by atoms with Gasteiger partial charge in [0.1, 0.15) is 5.75 Å². The molecule has 1 fully saturated rings. The Morgan fingerprint density at radius 1 is 1.39 bits per heavy atom. The van der Waals surface area contributed by atoms with Crippen LogP contribution in [-0.4, -0.2) is 20.7 Å². The molecular weight excluding hydrogens is 224 g/mol. The lowest BCUT2D eigenvalue weighted by Gasteiger charge is -2.28. The molecule has 3 nitrogen and oxygen atoms in total. The zero-order chi connectivity index (χ0) is 13.3. The van der Waals surface area contributed by atoms with Crippen LogP contribution < -0.4 is 15.8 Å². The van der Waals surface area contributed by atoms with E-state index in [1.54, 1.807) is 7.11 Å². The monoisotopic (exact) mass is 248 g/mol. The van der Waals surface area contributed by atoms with Crippen LogP contribution in [0.2, 0.25) is 0 Å². The van der Waals surface area contributed by atoms with Crippen molar-refractivity contribution in [2.45, 2.75) is 32.7 Å². The first kappa shape index (κ1) is 13.4. The van der Waals surface area contributed by atoms with Crippen molar-refractivity contribution in [1.82, 2.24) is 5.32 Å². The topological polar surface area (TPSA) is 47.3 Å². The summed E-state index contributed by atoms with van der Waals surface area (Å²) in [7, 11) is 3.76. The molecule has 1 unspecified atom stereocenters. The van der Waals surface area contributed by atoms with Crippen molar-refractivity contribution >= 4 is 0 Å². The maximum atomic E-state index is 5.97. The number of aryl methyl sites for hydroxylation is 2. The molecule has 2 rings (SSSR count). The fraction of sp³-hybridized carbons (Fsp3) is 0.600. The minimum Gasteiger partial charge on any atom is -0.496 e. The average molecular weight is 248 g/mol. The largest absolute Gasteiger partial charge is 0.496 e. The Balaban J connectivity index is 2.48. The van der Waals surface area contributed by atoms with Gasteiger partial charge in [-0.1, -0.05) is 17.7 Å². The van der Waals surface area contributed by atoms with Gasteiger partial charge in [0.25, 0.3) is 0 Å². The first-order valence-electron chi connectivity index (χ1n) is 6.60. The molecule has 100 valence electrons. The lowest BCUT2D eigenvalue weighted by Crippen LogP contribution is -2.32. The maximum Gasteiger partial charge on any atom is 0.126 e. The van der Waals surface area contributed by atoms with E-state index in [9.17, 15) is 0 Å². The molecule has 1 aliphatic rings. The van der Waals surface area contributed by atoms with Gasteiger partial charge in [0.2, 0.25) is 0 Å². The molecule has 0 aromatic heterocycles. The summed E-state index contributed by atoms with van der Waals surface area (Å²) in [6.45, 7) is 4.96. The number of rotatable bonds is 5. The Labute approximate surface area is 110 Å². The van der Waals surface area contributed by atoms with Gasteiger partial charge in [-0.15, -0.1) is 0 Å². The Kier molecular flexibility index (Phi) is 3.64. The van der Waals surface area contributed by atoms with Crippen LogP contribution in [0.4, 0.5) is 0 Å². The summed E-state index contributed by atoms with van der Waals surface area (Å²) >= 11 is 0. The van der Waals surface area contributed by atoms with Crippen molar-refractivity contribution in [3.05, 3.63) is 28.8 Å². The molecule has 18 heavy (non-hydrogen) atoms. The number of hydrogen-bond donors (Lipinski definition) is 2. The highest BCUT2D eigenvalue weighted by atomic mass is 16.5. The third-order valence-corrected chi connectivity index (χ3v) is 4.16. The summed E-state index contributed by atoms with van der Waals surface area (Å²) in [6, 6.07) is 4.68. The number of ether oxygens (including phenoxy) is 1. The van der Waals surface area contributed by atoms with Crippen LogP contribution in [0.25, 0.3) is 0 Å². The molecule has 0 heterocycles. The zero-order valence-corrected chi connectivity index (χ0v) is 11.8. The number of nitrogens with two attached hydrogens (primary N) is 1. The minimum atomic E-state index is 0.224. The fourth-order valence-corrected chi connectivity index (χ4v) is 3.04. The molecule has 3 heteroatoms. The molecule has 1 aromatic carbocycles. The molecule has 1 saturated carbocycles. The van der Waals surface area contributed by atoms with E-state index in [0.717, 1.165) is 12.3 Å². The van der Waals surface area contributed by atoms with Gasteiger partial charge in [-0.05, 0) is 45.8 Å². The lowest BCUT2D eigenvalue weighted by atomic mass is 9.87. The smallest absolute Gasteiger partial charge is 0.126 e. The standard InChI is InChI=1S/C15H24N2O/c1-10-7-11(2)13(18-4)12(8-10)14(17-3)15(9-16)5-6-15/h7-8,14,17H,5-6,9,16H2,1-4H3. The van der Waals surface area contributed by atoms with Gasteiger partial charge in [0.05, 0.1) is 7.11 Å². The Hall–Kier alpha value is -1.06. The van der Waals surface area contributed by atoms with Crippen molar-refractivity contribution in [3.8, 4) is 5.75 Å². The van der Waals surface area contributed by atoms with E-state index in [1.165, 1.54) is 29.5 Å². The van der Waals surface area contributed by atoms with Gasteiger partial charge in [0, 0.05) is 17.0 Å². The van der Waals surface area contributed by atoms with E-state index in [0.29, 0.717) is 0 Å². The molecule has 0 radical (unpaired) electrons. The van der Waals surface area contributed by atoms with Gasteiger partial charge in [-0.3, -0.25) is 0 Å². The number of methoxy groups -OCH3 is 1. The predicted octanol–water partition coefficient (Wildman–Crippen LogP) is 2.31. The summed E-state index contributed by atoms with van der Waals surface area (Å²) in [6.07, 6.45) is 2.40. The van der Waals surface area contributed by atoms with Crippen molar-refractivity contribution in [1.29, 1.82) is 0 Å². The molecule has 1 atom stereocenters. The second kappa shape index (κ2) is 4.90. The van der Waals surface area contributed by atoms with E-state index >= 15 is 0 Å². The van der Waals surface area contributed by atoms with Gasteiger partial charge < -0.3 is 15.8 Å². The summed E-state index contributed by atoms with van der Waals surface area (Å²) in [5.41, 5.74) is 9.91. The number of hydrogen-bond acceptors (Lipinski definition) is 3. The highest BCUT2D eigenvalue weighted by Gasteiger charge is 2.49. The van der Waals surface area contributed by atoms with Crippen LogP contribution in [0.3, 0.4) is 0 Å². The highest BCUT2D eigenvalue weighted by Crippen LogP contribution is 2.55. The maximum absolute atomic E-state index is 5.97. The molecule has 0 spiro atoms. The second-order valence-corrected chi connectivity index (χ2v) is 5.49. The first-order chi connectivity index (χ1) is 8.57. The van der Waals surface area contributed by atoms with E-state index < -0.39 is 0 Å². The van der Waals surface area contributed by atoms with Crippen LogP contribution in [0.15, 0.2) is 12.1 Å². The van der Waals surface area contributed by atoms with E-state index in [2.05, 4.69) is 31.3 Å². The molecular formula is C15H24N2O. The van der Waals surface area contributed by atoms with Crippen LogP contribution in [-0.2, 0) is 0 Å². The molecule has 0 amide bonds. The van der Waals surface area contributed by atoms with Crippen molar-refractivity contribution in [3.63, 3.8) is 0 Å². The Morgan fingerprint density at radius 2 is 2.06 bits per heavy atom. The molecule has 3 N–H and O–H groups in total. The third kappa shape index (κ3) is 2.13. The summed E-state index contributed by atoms with van der Waals surface area (Å²) in [4.78, 5) is 0. The van der Waals surface area contributed by atoms with Crippen molar-refractivity contribution in [2.75, 3.05) is 20.7 Å². The van der Waals surface area contributed by atoms with Gasteiger partial charge >= 0.3 is 0 Å². The fourth-order valence-electron chi connectivity index (χ4n) is 3.04. The molecule has 0 saturated heterocycles. The average Bonchev–Trinajstić information content (AvgIpc) is 3.10. The molecule has 1 aliphatic carbocycles. The highest BCUT2D eigenvalue weighted by molar-refractivity contribution is 5.46. The van der Waals surface area contributed by atoms with E-state index in [4.69, 9.17) is 10.5 Å². The summed E-state index contributed by atoms with van der Waals surface area (Å²) in [5, 5.41) is 3.44. The van der Waals surface area contributed by atoms with Crippen LogP contribution in [0, 0.1) is 19.3 Å². The molecule has 0 aliphatic heterocycles. The van der Waals surface area contributed by atoms with Crippen LogP contribution in [0.1, 0.15) is 35.6 Å². The minimum absolute atomic E-state index is 0.224. The number of nitrogens with one attached hydrogen (secondary N) is 1. The number of benzene rings is 1. The third-order valence-electron chi connectivity index (χ3n) is 4.16. The van der Waals surface area contributed by atoms with Crippen LogP contribution >= 0.6 is 0 Å². The van der Waals surface area contributed by atoms with Gasteiger partial charge in [0.15, 0.2) is 0 Å². The Morgan fingerprint density at radius 3 is 2.50 bits per heavy atom. The Bertz CT molecular complexity index is 438. The first-order valence-corrected chi connectivity index (χ1v) is 6.60. The van der Waals surface area contributed by atoms with Gasteiger partial charge in [-0.2, -0.15) is 0 Å². The zero-order valence-electron chi connectivity index (χ0n) is 11.8. The quantitative estimate of drug-likeness (QED) is 0.840. The summed E-state index contributed by atoms with van der Waals surface area (Å²) in [5.74, 6) is 1.000. The summed E-state index contributed by atoms with van der Waals surface area (Å²) < 4.78 is 5.60.